The lowest BCUT2D eigenvalue weighted by atomic mass is 10.0. The number of carbonyl (C=O) groups is 1. The molecule has 8 nitrogen and oxygen atoms in total. The average Bonchev–Trinajstić information content (AvgIpc) is 3.28. The first-order chi connectivity index (χ1) is 13.3. The monoisotopic (exact) mass is 390 g/mol. The summed E-state index contributed by atoms with van der Waals surface area (Å²) in [6, 6.07) is 5.33. The van der Waals surface area contributed by atoms with Crippen molar-refractivity contribution in [1.29, 1.82) is 0 Å². The summed E-state index contributed by atoms with van der Waals surface area (Å²) in [5.41, 5.74) is -0.373. The van der Waals surface area contributed by atoms with Gasteiger partial charge < -0.3 is 29.9 Å². The molecule has 0 aromatic carbocycles. The number of aryl methyl sites for hydroxylation is 2. The van der Waals surface area contributed by atoms with Crippen LogP contribution in [0.25, 0.3) is 0 Å². The van der Waals surface area contributed by atoms with Crippen LogP contribution in [0.15, 0.2) is 38.3 Å². The number of carbonyl (C=O) groups excluding carboxylic acids is 1. The van der Waals surface area contributed by atoms with E-state index in [2.05, 4.69) is 20.9 Å². The molecule has 1 amide bonds. The number of nitrogens with one attached hydrogen (secondary N) is 3. The van der Waals surface area contributed by atoms with Crippen molar-refractivity contribution < 1.29 is 18.7 Å². The number of aliphatic hydroxyl groups is 1. The van der Waals surface area contributed by atoms with Crippen molar-refractivity contribution in [3.05, 3.63) is 47.3 Å². The summed E-state index contributed by atoms with van der Waals surface area (Å²) in [6.07, 6.45) is 2.22. The zero-order chi connectivity index (χ0) is 20.6. The highest BCUT2D eigenvalue weighted by Crippen LogP contribution is 2.23. The van der Waals surface area contributed by atoms with Crippen LogP contribution in [0.5, 0.6) is 0 Å². The van der Waals surface area contributed by atoms with Crippen LogP contribution >= 0.6 is 0 Å². The molecule has 0 aliphatic rings. The van der Waals surface area contributed by atoms with Crippen LogP contribution in [0.3, 0.4) is 0 Å². The van der Waals surface area contributed by atoms with Gasteiger partial charge in [-0.05, 0) is 52.3 Å². The van der Waals surface area contributed by atoms with Gasteiger partial charge in [-0.1, -0.05) is 0 Å². The van der Waals surface area contributed by atoms with Gasteiger partial charge in [0.25, 0.3) is 5.91 Å². The molecule has 2 heterocycles. The van der Waals surface area contributed by atoms with Gasteiger partial charge in [-0.15, -0.1) is 0 Å². The summed E-state index contributed by atoms with van der Waals surface area (Å²) < 4.78 is 10.7. The molecule has 0 fully saturated rings. The predicted molar refractivity (Wildman–Crippen MR) is 107 cm³/mol. The molecule has 2 aromatic heterocycles. The Balaban J connectivity index is 1.78. The maximum Gasteiger partial charge on any atom is 0.287 e. The van der Waals surface area contributed by atoms with Gasteiger partial charge in [0.2, 0.25) is 0 Å². The molecule has 0 saturated heterocycles. The van der Waals surface area contributed by atoms with E-state index in [0.717, 1.165) is 11.3 Å². The summed E-state index contributed by atoms with van der Waals surface area (Å²) in [4.78, 5) is 16.4. The zero-order valence-electron chi connectivity index (χ0n) is 17.0. The molecule has 0 aliphatic heterocycles. The van der Waals surface area contributed by atoms with E-state index in [-0.39, 0.29) is 12.5 Å². The number of hydrogen-bond donors (Lipinski definition) is 4. The highest BCUT2D eigenvalue weighted by atomic mass is 16.4. The molecular formula is C20H30N4O4. The Kier molecular flexibility index (Phi) is 7.69. The number of furan rings is 2. The number of amides is 1. The second-order valence-corrected chi connectivity index (χ2v) is 6.85. The Morgan fingerprint density at radius 3 is 2.54 bits per heavy atom. The zero-order valence-corrected chi connectivity index (χ0v) is 17.0. The van der Waals surface area contributed by atoms with Crippen LogP contribution in [0.4, 0.5) is 0 Å². The quantitative estimate of drug-likeness (QED) is 0.296. The summed E-state index contributed by atoms with van der Waals surface area (Å²) in [6.45, 7) is 9.28. The molecule has 2 aromatic rings. The SMILES string of the molecule is CCNC(=NCC(C)(O)c1ccc(C)o1)NCCCNC(=O)c1occc1C. The Bertz CT molecular complexity index is 792. The van der Waals surface area contributed by atoms with E-state index in [9.17, 15) is 9.90 Å². The van der Waals surface area contributed by atoms with Crippen LogP contribution in [0.1, 0.15) is 47.9 Å². The minimum Gasteiger partial charge on any atom is -0.463 e. The van der Waals surface area contributed by atoms with Gasteiger partial charge in [-0.2, -0.15) is 0 Å². The van der Waals surface area contributed by atoms with E-state index in [4.69, 9.17) is 8.83 Å². The molecule has 2 rings (SSSR count). The van der Waals surface area contributed by atoms with Crippen LogP contribution in [0.2, 0.25) is 0 Å². The van der Waals surface area contributed by atoms with Gasteiger partial charge in [-0.25, -0.2) is 4.99 Å². The second kappa shape index (κ2) is 9.98. The van der Waals surface area contributed by atoms with Crippen LogP contribution in [-0.2, 0) is 5.60 Å². The van der Waals surface area contributed by atoms with Crippen molar-refractivity contribution in [3.63, 3.8) is 0 Å². The van der Waals surface area contributed by atoms with Gasteiger partial charge in [0.05, 0.1) is 12.8 Å². The lowest BCUT2D eigenvalue weighted by molar-refractivity contribution is 0.0428. The normalized spacial score (nSPS) is 13.8. The molecule has 1 unspecified atom stereocenters. The van der Waals surface area contributed by atoms with Gasteiger partial charge >= 0.3 is 0 Å². The minimum atomic E-state index is -1.19. The average molecular weight is 390 g/mol. The summed E-state index contributed by atoms with van der Waals surface area (Å²) in [5, 5.41) is 19.7. The molecular weight excluding hydrogens is 360 g/mol. The topological polar surface area (TPSA) is 112 Å². The standard InChI is InChI=1S/C20H30N4O4/c1-5-21-19(24-13-20(4,26)16-8-7-15(3)28-16)23-11-6-10-22-18(25)17-14(2)9-12-27-17/h7-9,12,26H,5-6,10-11,13H2,1-4H3,(H,22,25)(H2,21,23,24). The van der Waals surface area contributed by atoms with E-state index in [1.54, 1.807) is 19.1 Å². The maximum atomic E-state index is 12.0. The first-order valence-electron chi connectivity index (χ1n) is 9.47. The van der Waals surface area contributed by atoms with Crippen LogP contribution in [-0.4, -0.2) is 43.2 Å². The number of hydrogen-bond acceptors (Lipinski definition) is 5. The van der Waals surface area contributed by atoms with Crippen LogP contribution < -0.4 is 16.0 Å². The molecule has 0 radical (unpaired) electrons. The molecule has 8 heteroatoms. The van der Waals surface area contributed by atoms with Crippen molar-refractivity contribution in [3.8, 4) is 0 Å². The Morgan fingerprint density at radius 1 is 1.18 bits per heavy atom. The van der Waals surface area contributed by atoms with Gasteiger partial charge in [0, 0.05) is 25.2 Å². The predicted octanol–water partition coefficient (Wildman–Crippen LogP) is 2.07. The number of nitrogens with zero attached hydrogens (tertiary/aromatic N) is 1. The highest BCUT2D eigenvalue weighted by molar-refractivity contribution is 5.92. The third kappa shape index (κ3) is 6.16. The van der Waals surface area contributed by atoms with Crippen molar-refractivity contribution >= 4 is 11.9 Å². The molecule has 0 aliphatic carbocycles. The summed E-state index contributed by atoms with van der Waals surface area (Å²) in [5.74, 6) is 1.96. The lowest BCUT2D eigenvalue weighted by Gasteiger charge is -2.19. The number of aliphatic imine (C=N–C) groups is 1. The van der Waals surface area contributed by atoms with Crippen molar-refractivity contribution in [2.75, 3.05) is 26.2 Å². The molecule has 1 atom stereocenters. The fourth-order valence-corrected chi connectivity index (χ4v) is 2.56. The van der Waals surface area contributed by atoms with Gasteiger partial charge in [-0.3, -0.25) is 4.79 Å². The second-order valence-electron chi connectivity index (χ2n) is 6.85. The minimum absolute atomic E-state index is 0.157. The molecule has 0 saturated carbocycles. The van der Waals surface area contributed by atoms with E-state index in [0.29, 0.717) is 43.5 Å². The molecule has 0 spiro atoms. The van der Waals surface area contributed by atoms with E-state index in [1.807, 2.05) is 26.8 Å². The fourth-order valence-electron chi connectivity index (χ4n) is 2.56. The van der Waals surface area contributed by atoms with Crippen molar-refractivity contribution in [2.24, 2.45) is 4.99 Å². The Hall–Kier alpha value is -2.74. The Labute approximate surface area is 165 Å². The van der Waals surface area contributed by atoms with E-state index >= 15 is 0 Å². The molecule has 4 N–H and O–H groups in total. The number of guanidine groups is 1. The first kappa shape index (κ1) is 21.6. The largest absolute Gasteiger partial charge is 0.463 e. The van der Waals surface area contributed by atoms with Crippen LogP contribution in [0, 0.1) is 13.8 Å². The molecule has 154 valence electrons. The van der Waals surface area contributed by atoms with Gasteiger partial charge in [0.1, 0.15) is 17.1 Å². The Morgan fingerprint density at radius 2 is 1.93 bits per heavy atom. The maximum absolute atomic E-state index is 12.0. The van der Waals surface area contributed by atoms with Crippen molar-refractivity contribution in [1.82, 2.24) is 16.0 Å². The van der Waals surface area contributed by atoms with Gasteiger partial charge in [0.15, 0.2) is 11.7 Å². The summed E-state index contributed by atoms with van der Waals surface area (Å²) in [7, 11) is 0. The third-order valence-electron chi connectivity index (χ3n) is 4.16. The smallest absolute Gasteiger partial charge is 0.287 e. The van der Waals surface area contributed by atoms with E-state index in [1.165, 1.54) is 6.26 Å². The van der Waals surface area contributed by atoms with E-state index < -0.39 is 5.60 Å². The van der Waals surface area contributed by atoms with Crippen molar-refractivity contribution in [2.45, 2.75) is 39.7 Å². The number of rotatable bonds is 9. The highest BCUT2D eigenvalue weighted by Gasteiger charge is 2.26. The molecule has 28 heavy (non-hydrogen) atoms. The third-order valence-corrected chi connectivity index (χ3v) is 4.16. The summed E-state index contributed by atoms with van der Waals surface area (Å²) >= 11 is 0. The molecule has 0 bridgehead atoms. The fraction of sp³-hybridized carbons (Fsp3) is 0.500. The lowest BCUT2D eigenvalue weighted by Crippen LogP contribution is -2.40. The first-order valence-corrected chi connectivity index (χ1v) is 9.47.